The van der Waals surface area contributed by atoms with E-state index in [-0.39, 0.29) is 5.41 Å². The molecular weight excluding hydrogens is 226 g/mol. The zero-order valence-electron chi connectivity index (χ0n) is 12.4. The van der Waals surface area contributed by atoms with Gasteiger partial charge in [0.15, 0.2) is 5.96 Å². The van der Waals surface area contributed by atoms with Gasteiger partial charge in [-0.3, -0.25) is 4.99 Å². The van der Waals surface area contributed by atoms with Crippen LogP contribution in [0.25, 0.3) is 0 Å². The van der Waals surface area contributed by atoms with Gasteiger partial charge in [-0.05, 0) is 25.2 Å². The lowest BCUT2D eigenvalue weighted by Crippen LogP contribution is -2.38. The van der Waals surface area contributed by atoms with Crippen molar-refractivity contribution in [2.75, 3.05) is 41.3 Å². The van der Waals surface area contributed by atoms with Crippen molar-refractivity contribution in [1.29, 1.82) is 0 Å². The zero-order chi connectivity index (χ0) is 13.3. The number of rotatable bonds is 3. The van der Waals surface area contributed by atoms with Crippen molar-refractivity contribution in [2.45, 2.75) is 32.3 Å². The van der Waals surface area contributed by atoms with E-state index in [4.69, 9.17) is 9.73 Å². The smallest absolute Gasteiger partial charge is 0.195 e. The highest BCUT2D eigenvalue weighted by molar-refractivity contribution is 5.79. The van der Waals surface area contributed by atoms with Crippen LogP contribution in [-0.4, -0.2) is 63.2 Å². The standard InChI is InChI=1S/C14H27N3O/c1-14(8-9-18-12(14)11-6-7-11)10-15-13(16(2)3)17(4)5/h11-12H,6-10H2,1-5H3. The van der Waals surface area contributed by atoms with E-state index in [0.29, 0.717) is 6.10 Å². The molecule has 0 aromatic carbocycles. The van der Waals surface area contributed by atoms with Gasteiger partial charge in [0.25, 0.3) is 0 Å². The molecule has 4 heteroatoms. The average Bonchev–Trinajstić information content (AvgIpc) is 3.02. The highest BCUT2D eigenvalue weighted by atomic mass is 16.5. The van der Waals surface area contributed by atoms with Crippen LogP contribution in [0.1, 0.15) is 26.2 Å². The third kappa shape index (κ3) is 2.79. The summed E-state index contributed by atoms with van der Waals surface area (Å²) in [6.07, 6.45) is 4.27. The fourth-order valence-electron chi connectivity index (χ4n) is 2.97. The molecule has 0 amide bonds. The molecule has 2 atom stereocenters. The summed E-state index contributed by atoms with van der Waals surface area (Å²) >= 11 is 0. The maximum atomic E-state index is 5.95. The van der Waals surface area contributed by atoms with E-state index in [1.54, 1.807) is 0 Å². The SMILES string of the molecule is CN(C)C(=NCC1(C)CCOC1C1CC1)N(C)C. The van der Waals surface area contributed by atoms with Gasteiger partial charge in [0.2, 0.25) is 0 Å². The number of nitrogens with zero attached hydrogens (tertiary/aromatic N) is 3. The number of hydrogen-bond donors (Lipinski definition) is 0. The molecule has 2 fully saturated rings. The first-order valence-corrected chi connectivity index (χ1v) is 6.95. The lowest BCUT2D eigenvalue weighted by Gasteiger charge is -2.30. The van der Waals surface area contributed by atoms with E-state index in [1.807, 2.05) is 28.2 Å². The first kappa shape index (κ1) is 13.7. The Kier molecular flexibility index (Phi) is 3.85. The minimum atomic E-state index is 0.235. The molecule has 18 heavy (non-hydrogen) atoms. The van der Waals surface area contributed by atoms with Gasteiger partial charge >= 0.3 is 0 Å². The second kappa shape index (κ2) is 5.08. The Hall–Kier alpha value is -0.770. The Morgan fingerprint density at radius 1 is 1.22 bits per heavy atom. The van der Waals surface area contributed by atoms with Crippen molar-refractivity contribution >= 4 is 5.96 Å². The summed E-state index contributed by atoms with van der Waals surface area (Å²) in [6, 6.07) is 0. The second-order valence-electron chi connectivity index (χ2n) is 6.44. The second-order valence-corrected chi connectivity index (χ2v) is 6.44. The van der Waals surface area contributed by atoms with Gasteiger partial charge in [-0.2, -0.15) is 0 Å². The molecular formula is C14H27N3O. The summed E-state index contributed by atoms with van der Waals surface area (Å²) in [5, 5.41) is 0. The quantitative estimate of drug-likeness (QED) is 0.566. The average molecular weight is 253 g/mol. The molecule has 1 heterocycles. The van der Waals surface area contributed by atoms with Crippen molar-refractivity contribution in [3.8, 4) is 0 Å². The third-order valence-corrected chi connectivity index (χ3v) is 4.09. The zero-order valence-corrected chi connectivity index (χ0v) is 12.4. The van der Waals surface area contributed by atoms with Gasteiger partial charge in [0, 0.05) is 40.2 Å². The Bertz CT molecular complexity index is 313. The molecule has 2 aliphatic rings. The largest absolute Gasteiger partial charge is 0.377 e. The lowest BCUT2D eigenvalue weighted by atomic mass is 9.81. The van der Waals surface area contributed by atoms with Crippen molar-refractivity contribution in [3.63, 3.8) is 0 Å². The molecule has 0 N–H and O–H groups in total. The summed E-state index contributed by atoms with van der Waals surface area (Å²) in [4.78, 5) is 8.97. The monoisotopic (exact) mass is 253 g/mol. The molecule has 0 radical (unpaired) electrons. The maximum Gasteiger partial charge on any atom is 0.195 e. The summed E-state index contributed by atoms with van der Waals surface area (Å²) in [5.74, 6) is 1.84. The first-order chi connectivity index (χ1) is 8.44. The molecule has 4 nitrogen and oxygen atoms in total. The van der Waals surface area contributed by atoms with Gasteiger partial charge < -0.3 is 14.5 Å². The molecule has 0 bridgehead atoms. The van der Waals surface area contributed by atoms with Crippen LogP contribution in [0.3, 0.4) is 0 Å². The number of guanidine groups is 1. The van der Waals surface area contributed by atoms with Crippen molar-refractivity contribution in [1.82, 2.24) is 9.80 Å². The summed E-state index contributed by atoms with van der Waals surface area (Å²) in [5.41, 5.74) is 0.235. The molecule has 0 spiro atoms. The van der Waals surface area contributed by atoms with E-state index >= 15 is 0 Å². The minimum absolute atomic E-state index is 0.235. The third-order valence-electron chi connectivity index (χ3n) is 4.09. The van der Waals surface area contributed by atoms with Crippen LogP contribution in [0, 0.1) is 11.3 Å². The summed E-state index contributed by atoms with van der Waals surface area (Å²) < 4.78 is 5.95. The van der Waals surface area contributed by atoms with Crippen LogP contribution in [0.4, 0.5) is 0 Å². The molecule has 2 rings (SSSR count). The van der Waals surface area contributed by atoms with Crippen molar-refractivity contribution in [3.05, 3.63) is 0 Å². The summed E-state index contributed by atoms with van der Waals surface area (Å²) in [7, 11) is 8.19. The van der Waals surface area contributed by atoms with Crippen LogP contribution in [0.5, 0.6) is 0 Å². The topological polar surface area (TPSA) is 28.1 Å². The van der Waals surface area contributed by atoms with Crippen molar-refractivity contribution < 1.29 is 4.74 Å². The Morgan fingerprint density at radius 3 is 2.33 bits per heavy atom. The molecule has 0 aromatic heterocycles. The van der Waals surface area contributed by atoms with E-state index in [1.165, 1.54) is 12.8 Å². The molecule has 0 aromatic rings. The number of hydrogen-bond acceptors (Lipinski definition) is 2. The summed E-state index contributed by atoms with van der Waals surface area (Å²) in [6.45, 7) is 4.13. The van der Waals surface area contributed by atoms with E-state index < -0.39 is 0 Å². The predicted molar refractivity (Wildman–Crippen MR) is 74.9 cm³/mol. The van der Waals surface area contributed by atoms with Crippen LogP contribution >= 0.6 is 0 Å². The molecule has 2 unspecified atom stereocenters. The van der Waals surface area contributed by atoms with Crippen LogP contribution in [-0.2, 0) is 4.74 Å². The molecule has 1 saturated heterocycles. The Morgan fingerprint density at radius 2 is 1.83 bits per heavy atom. The lowest BCUT2D eigenvalue weighted by molar-refractivity contribution is 0.0423. The normalized spacial score (nSPS) is 31.3. The molecule has 1 aliphatic heterocycles. The Labute approximate surface area is 111 Å². The van der Waals surface area contributed by atoms with E-state index in [0.717, 1.165) is 31.4 Å². The highest BCUT2D eigenvalue weighted by Gasteiger charge is 2.48. The van der Waals surface area contributed by atoms with Crippen molar-refractivity contribution in [2.24, 2.45) is 16.3 Å². The van der Waals surface area contributed by atoms with E-state index in [2.05, 4.69) is 16.7 Å². The highest BCUT2D eigenvalue weighted by Crippen LogP contribution is 2.47. The fourth-order valence-corrected chi connectivity index (χ4v) is 2.97. The molecule has 104 valence electrons. The molecule has 1 aliphatic carbocycles. The van der Waals surface area contributed by atoms with Gasteiger partial charge in [0.1, 0.15) is 0 Å². The van der Waals surface area contributed by atoms with Gasteiger partial charge in [-0.1, -0.05) is 6.92 Å². The predicted octanol–water partition coefficient (Wildman–Crippen LogP) is 1.67. The van der Waals surface area contributed by atoms with Gasteiger partial charge in [0.05, 0.1) is 12.6 Å². The van der Waals surface area contributed by atoms with E-state index in [9.17, 15) is 0 Å². The fraction of sp³-hybridized carbons (Fsp3) is 0.929. The maximum absolute atomic E-state index is 5.95. The number of aliphatic imine (C=N–C) groups is 1. The molecule has 1 saturated carbocycles. The Balaban J connectivity index is 2.04. The number of ether oxygens (including phenoxy) is 1. The van der Waals surface area contributed by atoms with Crippen LogP contribution in [0.15, 0.2) is 4.99 Å². The van der Waals surface area contributed by atoms with Gasteiger partial charge in [-0.15, -0.1) is 0 Å². The van der Waals surface area contributed by atoms with Crippen LogP contribution in [0.2, 0.25) is 0 Å². The van der Waals surface area contributed by atoms with Crippen LogP contribution < -0.4 is 0 Å². The minimum Gasteiger partial charge on any atom is -0.377 e. The first-order valence-electron chi connectivity index (χ1n) is 6.95. The van der Waals surface area contributed by atoms with Gasteiger partial charge in [-0.25, -0.2) is 0 Å².